The number of carbonyl (C=O) groups excluding carboxylic acids is 1. The molecule has 1 N–H and O–H groups in total. The Balaban J connectivity index is 2.04. The Morgan fingerprint density at radius 2 is 1.68 bits per heavy atom. The Morgan fingerprint density at radius 3 is 2.12 bits per heavy atom. The number of nitrogens with zero attached hydrogens (tertiary/aromatic N) is 2. The summed E-state index contributed by atoms with van der Waals surface area (Å²) in [7, 11) is 3.98. The minimum absolute atomic E-state index is 0.0234. The maximum Gasteiger partial charge on any atom is 0.243 e. The smallest absolute Gasteiger partial charge is 0.243 e. The lowest BCUT2D eigenvalue weighted by atomic mass is 9.84. The second-order valence-electron chi connectivity index (χ2n) is 9.32. The molecule has 0 fully saturated rings. The van der Waals surface area contributed by atoms with Crippen LogP contribution in [0.3, 0.4) is 0 Å². The molecule has 2 atom stereocenters. The fourth-order valence-electron chi connectivity index (χ4n) is 4.04. The molecular formula is C26H32N3O3S2-. The van der Waals surface area contributed by atoms with Crippen molar-refractivity contribution in [3.8, 4) is 11.3 Å². The number of nitrogens with one attached hydrogen (secondary N) is 1. The third kappa shape index (κ3) is 6.18. The highest BCUT2D eigenvalue weighted by atomic mass is 32.2. The van der Waals surface area contributed by atoms with Gasteiger partial charge in [0.2, 0.25) is 5.91 Å². The normalized spacial score (nSPS) is 13.5. The highest BCUT2D eigenvalue weighted by Gasteiger charge is 2.30. The Morgan fingerprint density at radius 1 is 1.09 bits per heavy atom. The van der Waals surface area contributed by atoms with E-state index in [-0.39, 0.29) is 11.8 Å². The van der Waals surface area contributed by atoms with Crippen LogP contribution in [0.2, 0.25) is 0 Å². The van der Waals surface area contributed by atoms with Gasteiger partial charge in [0, 0.05) is 23.2 Å². The fourth-order valence-corrected chi connectivity index (χ4v) is 5.30. The first-order valence-corrected chi connectivity index (χ1v) is 13.4. The summed E-state index contributed by atoms with van der Waals surface area (Å²) in [6.45, 7) is 8.84. The Kier molecular flexibility index (Phi) is 8.76. The van der Waals surface area contributed by atoms with E-state index in [1.807, 2.05) is 71.4 Å². The van der Waals surface area contributed by atoms with Crippen LogP contribution < -0.4 is 5.32 Å². The third-order valence-electron chi connectivity index (χ3n) is 5.63. The number of aromatic nitrogens is 1. The van der Waals surface area contributed by atoms with Gasteiger partial charge in [-0.05, 0) is 83.5 Å². The first kappa shape index (κ1) is 26.2. The molecule has 1 heterocycles. The van der Waals surface area contributed by atoms with E-state index in [1.54, 1.807) is 17.6 Å². The molecule has 0 saturated heterocycles. The zero-order valence-corrected chi connectivity index (χ0v) is 22.1. The van der Waals surface area contributed by atoms with Gasteiger partial charge in [0.15, 0.2) is 0 Å². The molecule has 0 aliphatic heterocycles. The van der Waals surface area contributed by atoms with E-state index in [4.69, 9.17) is 0 Å². The maximum atomic E-state index is 13.4. The van der Waals surface area contributed by atoms with Gasteiger partial charge in [0.1, 0.15) is 5.25 Å². The summed E-state index contributed by atoms with van der Waals surface area (Å²) in [6, 6.07) is 11.4. The van der Waals surface area contributed by atoms with Crippen LogP contribution in [0, 0.1) is 0 Å². The predicted octanol–water partition coefficient (Wildman–Crippen LogP) is 5.68. The monoisotopic (exact) mass is 498 g/mol. The van der Waals surface area contributed by atoms with Crippen molar-refractivity contribution in [3.05, 3.63) is 69.5 Å². The highest BCUT2D eigenvalue weighted by Crippen LogP contribution is 2.39. The van der Waals surface area contributed by atoms with Crippen molar-refractivity contribution < 1.29 is 13.6 Å². The molecule has 0 saturated carbocycles. The number of rotatable bonds is 9. The van der Waals surface area contributed by atoms with Crippen LogP contribution in [-0.4, -0.2) is 38.6 Å². The second kappa shape index (κ2) is 11.4. The molecule has 8 heteroatoms. The summed E-state index contributed by atoms with van der Waals surface area (Å²) < 4.78 is 25.0. The average Bonchev–Trinajstić information content (AvgIpc) is 3.29. The zero-order valence-electron chi connectivity index (χ0n) is 20.5. The van der Waals surface area contributed by atoms with E-state index < -0.39 is 22.2 Å². The topological polar surface area (TPSA) is 85.4 Å². The van der Waals surface area contributed by atoms with Crippen LogP contribution >= 0.6 is 11.3 Å². The lowest BCUT2D eigenvalue weighted by Crippen LogP contribution is -2.27. The minimum Gasteiger partial charge on any atom is -0.771 e. The van der Waals surface area contributed by atoms with E-state index in [9.17, 15) is 13.6 Å². The molecule has 34 heavy (non-hydrogen) atoms. The molecule has 182 valence electrons. The van der Waals surface area contributed by atoms with Crippen LogP contribution in [0.1, 0.15) is 67.0 Å². The standard InChI is InChI=1S/C26H33N3O3S2/c1-16(2)21-11-19(23-14-33-15-27-23)12-22(17(3)4)24(21)25(34(31)32)26(30)28-20-9-7-18(8-10-20)13-29(5)6/h7-12,14-17,25H,13H2,1-6H3,(H,28,30)(H,31,32)/p-1. The molecule has 0 aliphatic rings. The van der Waals surface area contributed by atoms with Crippen molar-refractivity contribution in [3.63, 3.8) is 0 Å². The van der Waals surface area contributed by atoms with E-state index in [0.29, 0.717) is 11.3 Å². The van der Waals surface area contributed by atoms with Gasteiger partial charge in [0.25, 0.3) is 0 Å². The number of hydrogen-bond acceptors (Lipinski definition) is 6. The van der Waals surface area contributed by atoms with Crippen LogP contribution in [0.25, 0.3) is 11.3 Å². The number of thiazole rings is 1. The summed E-state index contributed by atoms with van der Waals surface area (Å²) in [6.07, 6.45) is 0. The molecule has 1 aromatic heterocycles. The molecule has 1 amide bonds. The van der Waals surface area contributed by atoms with Crippen LogP contribution in [-0.2, 0) is 22.4 Å². The minimum atomic E-state index is -2.65. The van der Waals surface area contributed by atoms with Crippen molar-refractivity contribution in [1.29, 1.82) is 0 Å². The lowest BCUT2D eigenvalue weighted by Gasteiger charge is -2.28. The molecule has 2 aromatic carbocycles. The summed E-state index contributed by atoms with van der Waals surface area (Å²) in [4.78, 5) is 19.8. The molecule has 2 unspecified atom stereocenters. The van der Waals surface area contributed by atoms with Gasteiger partial charge in [0.05, 0.1) is 11.2 Å². The maximum absolute atomic E-state index is 13.4. The van der Waals surface area contributed by atoms with Crippen LogP contribution in [0.15, 0.2) is 47.3 Å². The molecule has 0 radical (unpaired) electrons. The Labute approximate surface area is 208 Å². The molecule has 3 aromatic rings. The van der Waals surface area contributed by atoms with Crippen molar-refractivity contribution >= 4 is 34.0 Å². The highest BCUT2D eigenvalue weighted by molar-refractivity contribution is 7.80. The first-order chi connectivity index (χ1) is 16.1. The van der Waals surface area contributed by atoms with Crippen molar-refractivity contribution in [2.75, 3.05) is 19.4 Å². The van der Waals surface area contributed by atoms with Gasteiger partial charge < -0.3 is 14.8 Å². The summed E-state index contributed by atoms with van der Waals surface area (Å²) in [5, 5.41) is 3.47. The fraction of sp³-hybridized carbons (Fsp3) is 0.385. The van der Waals surface area contributed by atoms with Gasteiger partial charge in [-0.15, -0.1) is 11.3 Å². The Hall–Kier alpha value is -2.39. The van der Waals surface area contributed by atoms with Gasteiger partial charge >= 0.3 is 0 Å². The first-order valence-electron chi connectivity index (χ1n) is 11.3. The van der Waals surface area contributed by atoms with Crippen molar-refractivity contribution in [1.82, 2.24) is 9.88 Å². The van der Waals surface area contributed by atoms with E-state index >= 15 is 0 Å². The quantitative estimate of drug-likeness (QED) is 0.384. The lowest BCUT2D eigenvalue weighted by molar-refractivity contribution is -0.116. The molecule has 0 bridgehead atoms. The van der Waals surface area contributed by atoms with Crippen LogP contribution in [0.4, 0.5) is 5.69 Å². The summed E-state index contributed by atoms with van der Waals surface area (Å²) in [5.41, 5.74) is 7.50. The molecule has 0 spiro atoms. The van der Waals surface area contributed by atoms with Crippen molar-refractivity contribution in [2.45, 2.75) is 51.3 Å². The van der Waals surface area contributed by atoms with E-state index in [1.165, 1.54) is 11.3 Å². The van der Waals surface area contributed by atoms with Crippen LogP contribution in [0.5, 0.6) is 0 Å². The summed E-state index contributed by atoms with van der Waals surface area (Å²) in [5.74, 6) is -0.510. The largest absolute Gasteiger partial charge is 0.771 e. The predicted molar refractivity (Wildman–Crippen MR) is 140 cm³/mol. The molecule has 6 nitrogen and oxygen atoms in total. The number of hydrogen-bond donors (Lipinski definition) is 1. The van der Waals surface area contributed by atoms with Crippen molar-refractivity contribution in [2.24, 2.45) is 0 Å². The second-order valence-corrected chi connectivity index (χ2v) is 11.0. The molecule has 0 aliphatic carbocycles. The van der Waals surface area contributed by atoms with Gasteiger partial charge in [-0.2, -0.15) is 0 Å². The number of benzene rings is 2. The third-order valence-corrected chi connectivity index (χ3v) is 7.05. The van der Waals surface area contributed by atoms with E-state index in [2.05, 4.69) is 15.2 Å². The average molecular weight is 499 g/mol. The number of amides is 1. The Bertz CT molecular complexity index is 1110. The number of anilines is 1. The summed E-state index contributed by atoms with van der Waals surface area (Å²) >= 11 is -1.14. The van der Waals surface area contributed by atoms with E-state index in [0.717, 1.165) is 34.5 Å². The van der Waals surface area contributed by atoms with Gasteiger partial charge in [-0.25, -0.2) is 4.98 Å². The molecular weight excluding hydrogens is 466 g/mol. The molecule has 3 rings (SSSR count). The van der Waals surface area contributed by atoms with Gasteiger partial charge in [-0.1, -0.05) is 39.8 Å². The SMILES string of the molecule is CC(C)c1cc(-c2cscn2)cc(C(C)C)c1C(C(=O)Nc1ccc(CN(C)C)cc1)S(=O)[O-]. The number of carbonyl (C=O) groups is 1. The van der Waals surface area contributed by atoms with Gasteiger partial charge in [-0.3, -0.25) is 9.00 Å². The zero-order chi connectivity index (χ0) is 25.0.